The van der Waals surface area contributed by atoms with Gasteiger partial charge in [0.1, 0.15) is 12.1 Å². The van der Waals surface area contributed by atoms with Gasteiger partial charge in [-0.1, -0.05) is 20.3 Å². The van der Waals surface area contributed by atoms with E-state index in [0.717, 1.165) is 0 Å². The van der Waals surface area contributed by atoms with Gasteiger partial charge in [0.2, 0.25) is 11.8 Å². The molecule has 0 aliphatic rings. The van der Waals surface area contributed by atoms with E-state index in [-0.39, 0.29) is 12.3 Å². The molecule has 0 aromatic heterocycles. The van der Waals surface area contributed by atoms with Crippen molar-refractivity contribution in [2.45, 2.75) is 57.8 Å². The highest BCUT2D eigenvalue weighted by Gasteiger charge is 2.31. The number of carboxylic acid groups (broad SMARTS) is 1. The van der Waals surface area contributed by atoms with Crippen LogP contribution in [0.2, 0.25) is 0 Å². The molecule has 0 saturated heterocycles. The van der Waals surface area contributed by atoms with Gasteiger partial charge in [0.15, 0.2) is 0 Å². The number of aliphatic hydroxyl groups excluding tert-OH is 1. The van der Waals surface area contributed by atoms with E-state index in [1.165, 1.54) is 18.7 Å². The number of amides is 2. The first kappa shape index (κ1) is 22.7. The van der Waals surface area contributed by atoms with Gasteiger partial charge in [-0.25, -0.2) is 4.79 Å². The largest absolute Gasteiger partial charge is 0.480 e. The molecule has 0 aliphatic heterocycles. The third-order valence-corrected chi connectivity index (χ3v) is 4.49. The number of carbonyl (C=O) groups excluding carboxylic acids is 2. The lowest BCUT2D eigenvalue weighted by Crippen LogP contribution is -2.58. The van der Waals surface area contributed by atoms with Gasteiger partial charge in [-0.3, -0.25) is 9.59 Å². The molecule has 0 rings (SSSR count). The predicted octanol–water partition coefficient (Wildman–Crippen LogP) is -0.452. The van der Waals surface area contributed by atoms with Crippen molar-refractivity contribution >= 4 is 29.5 Å². The Hall–Kier alpha value is -1.32. The van der Waals surface area contributed by atoms with Gasteiger partial charge in [-0.2, -0.15) is 11.8 Å². The number of carboxylic acids is 1. The summed E-state index contributed by atoms with van der Waals surface area (Å²) in [6, 6.07) is -3.15. The summed E-state index contributed by atoms with van der Waals surface area (Å²) in [5.74, 6) is -1.99. The van der Waals surface area contributed by atoms with Crippen LogP contribution in [-0.4, -0.2) is 64.2 Å². The zero-order valence-electron chi connectivity index (χ0n) is 14.6. The van der Waals surface area contributed by atoms with Gasteiger partial charge < -0.3 is 26.6 Å². The molecule has 0 aromatic carbocycles. The fourth-order valence-electron chi connectivity index (χ4n) is 1.92. The van der Waals surface area contributed by atoms with Crippen LogP contribution in [0.3, 0.4) is 0 Å². The maximum absolute atomic E-state index is 12.3. The summed E-state index contributed by atoms with van der Waals surface area (Å²) in [7, 11) is 0. The first-order valence-electron chi connectivity index (χ1n) is 7.91. The highest BCUT2D eigenvalue weighted by molar-refractivity contribution is 7.98. The molecule has 8 nitrogen and oxygen atoms in total. The van der Waals surface area contributed by atoms with Crippen LogP contribution >= 0.6 is 11.8 Å². The Morgan fingerprint density at radius 2 is 1.75 bits per heavy atom. The van der Waals surface area contributed by atoms with Crippen LogP contribution < -0.4 is 16.4 Å². The van der Waals surface area contributed by atoms with E-state index >= 15 is 0 Å². The van der Waals surface area contributed by atoms with Gasteiger partial charge >= 0.3 is 5.97 Å². The maximum Gasteiger partial charge on any atom is 0.326 e. The summed E-state index contributed by atoms with van der Waals surface area (Å²) in [5, 5.41) is 23.7. The van der Waals surface area contributed by atoms with Crippen molar-refractivity contribution in [3.63, 3.8) is 0 Å². The summed E-state index contributed by atoms with van der Waals surface area (Å²) >= 11 is 1.46. The monoisotopic (exact) mass is 363 g/mol. The Labute approximate surface area is 146 Å². The first-order chi connectivity index (χ1) is 11.1. The van der Waals surface area contributed by atoms with Crippen molar-refractivity contribution < 1.29 is 24.6 Å². The molecule has 0 fully saturated rings. The molecule has 0 radical (unpaired) electrons. The van der Waals surface area contributed by atoms with Crippen molar-refractivity contribution in [1.29, 1.82) is 0 Å². The number of rotatable bonds is 11. The van der Waals surface area contributed by atoms with Gasteiger partial charge in [0, 0.05) is 0 Å². The van der Waals surface area contributed by atoms with Crippen molar-refractivity contribution in [2.75, 3.05) is 12.0 Å². The van der Waals surface area contributed by atoms with Crippen LogP contribution in [0.15, 0.2) is 0 Å². The fraction of sp³-hybridized carbons (Fsp3) is 0.800. The summed E-state index contributed by atoms with van der Waals surface area (Å²) in [5.41, 5.74) is 5.81. The van der Waals surface area contributed by atoms with E-state index in [9.17, 15) is 19.5 Å². The smallest absolute Gasteiger partial charge is 0.326 e. The Kier molecular flexibility index (Phi) is 10.7. The van der Waals surface area contributed by atoms with E-state index in [0.29, 0.717) is 12.2 Å². The van der Waals surface area contributed by atoms with Gasteiger partial charge in [0.05, 0.1) is 12.1 Å². The second-order valence-electron chi connectivity index (χ2n) is 5.82. The number of aliphatic hydroxyl groups is 1. The molecule has 6 N–H and O–H groups in total. The van der Waals surface area contributed by atoms with Crippen molar-refractivity contribution in [1.82, 2.24) is 10.6 Å². The summed E-state index contributed by atoms with van der Waals surface area (Å²) in [4.78, 5) is 35.6. The van der Waals surface area contributed by atoms with Crippen molar-refractivity contribution in [3.8, 4) is 0 Å². The molecule has 9 heteroatoms. The second kappa shape index (κ2) is 11.3. The van der Waals surface area contributed by atoms with Gasteiger partial charge in [-0.05, 0) is 31.3 Å². The Bertz CT molecular complexity index is 433. The molecule has 140 valence electrons. The topological polar surface area (TPSA) is 142 Å². The lowest BCUT2D eigenvalue weighted by atomic mass is 9.98. The molecule has 24 heavy (non-hydrogen) atoms. The van der Waals surface area contributed by atoms with Crippen molar-refractivity contribution in [3.05, 3.63) is 0 Å². The quantitative estimate of drug-likeness (QED) is 0.334. The number of carbonyl (C=O) groups is 3. The molecule has 0 unspecified atom stereocenters. The Morgan fingerprint density at radius 1 is 1.17 bits per heavy atom. The lowest BCUT2D eigenvalue weighted by Gasteiger charge is -2.26. The van der Waals surface area contributed by atoms with Crippen LogP contribution in [0, 0.1) is 5.92 Å². The number of aliphatic carboxylic acids is 1. The molecular formula is C15H29N3O5S. The minimum atomic E-state index is -1.26. The molecule has 0 aliphatic carbocycles. The highest BCUT2D eigenvalue weighted by Crippen LogP contribution is 2.07. The highest BCUT2D eigenvalue weighted by atomic mass is 32.2. The number of nitrogens with one attached hydrogen (secondary N) is 2. The maximum atomic E-state index is 12.3. The average Bonchev–Trinajstić information content (AvgIpc) is 2.53. The molecular weight excluding hydrogens is 334 g/mol. The molecule has 0 saturated carbocycles. The minimum absolute atomic E-state index is 0.0870. The molecule has 0 heterocycles. The van der Waals surface area contributed by atoms with E-state index < -0.39 is 42.0 Å². The molecule has 0 aromatic rings. The molecule has 2 amide bonds. The second-order valence-corrected chi connectivity index (χ2v) is 6.80. The third-order valence-electron chi connectivity index (χ3n) is 3.85. The van der Waals surface area contributed by atoms with Crippen LogP contribution in [0.25, 0.3) is 0 Å². The summed E-state index contributed by atoms with van der Waals surface area (Å²) in [6.45, 7) is 5.04. The van der Waals surface area contributed by atoms with Crippen LogP contribution in [0.5, 0.6) is 0 Å². The van der Waals surface area contributed by atoms with E-state index in [1.807, 2.05) is 20.1 Å². The average molecular weight is 363 g/mol. The normalized spacial score (nSPS) is 17.2. The van der Waals surface area contributed by atoms with Crippen LogP contribution in [-0.2, 0) is 14.4 Å². The summed E-state index contributed by atoms with van der Waals surface area (Å²) < 4.78 is 0. The van der Waals surface area contributed by atoms with Crippen LogP contribution in [0.4, 0.5) is 0 Å². The fourth-order valence-corrected chi connectivity index (χ4v) is 2.39. The van der Waals surface area contributed by atoms with E-state index in [1.54, 1.807) is 0 Å². The zero-order chi connectivity index (χ0) is 18.9. The summed E-state index contributed by atoms with van der Waals surface area (Å²) in [6.07, 6.45) is 1.58. The van der Waals surface area contributed by atoms with Gasteiger partial charge in [0.25, 0.3) is 0 Å². The Balaban J connectivity index is 4.94. The number of nitrogens with two attached hydrogens (primary N) is 1. The third kappa shape index (κ3) is 7.50. The van der Waals surface area contributed by atoms with Crippen molar-refractivity contribution in [2.24, 2.45) is 11.7 Å². The zero-order valence-corrected chi connectivity index (χ0v) is 15.4. The van der Waals surface area contributed by atoms with E-state index in [2.05, 4.69) is 10.6 Å². The number of hydrogen-bond acceptors (Lipinski definition) is 6. The molecule has 0 spiro atoms. The number of hydrogen-bond donors (Lipinski definition) is 5. The predicted molar refractivity (Wildman–Crippen MR) is 93.6 cm³/mol. The standard InChI is InChI=1S/C15H29N3O5S/c1-5-8(2)11(16)13(20)18-12(9(3)19)14(21)17-10(15(22)23)6-7-24-4/h8-12,19H,5-7,16H2,1-4H3,(H,17,21)(H,18,20)(H,22,23)/t8-,9+,10-,11-,12-/m0/s1. The molecule has 0 bridgehead atoms. The molecule has 5 atom stereocenters. The number of thioether (sulfide) groups is 1. The minimum Gasteiger partial charge on any atom is -0.480 e. The van der Waals surface area contributed by atoms with Gasteiger partial charge in [-0.15, -0.1) is 0 Å². The SMILES string of the molecule is CC[C@H](C)[C@H](N)C(=O)N[C@H](C(=O)N[C@@H](CCSC)C(=O)O)[C@@H](C)O. The van der Waals surface area contributed by atoms with E-state index in [4.69, 9.17) is 10.8 Å². The van der Waals surface area contributed by atoms with Crippen LogP contribution in [0.1, 0.15) is 33.6 Å². The Morgan fingerprint density at radius 3 is 2.17 bits per heavy atom. The lowest BCUT2D eigenvalue weighted by molar-refractivity contribution is -0.143. The first-order valence-corrected chi connectivity index (χ1v) is 9.31.